The number of thioether (sulfide) groups is 1. The van der Waals surface area contributed by atoms with Gasteiger partial charge >= 0.3 is 0 Å². The van der Waals surface area contributed by atoms with Gasteiger partial charge in [0.05, 0.1) is 0 Å². The maximum atomic E-state index is 12.7. The van der Waals surface area contributed by atoms with Crippen LogP contribution >= 0.6 is 11.8 Å². The van der Waals surface area contributed by atoms with Gasteiger partial charge in [-0.05, 0) is 43.4 Å². The van der Waals surface area contributed by atoms with E-state index >= 15 is 0 Å². The Kier molecular flexibility index (Phi) is 8.08. The van der Waals surface area contributed by atoms with E-state index in [2.05, 4.69) is 5.32 Å². The van der Waals surface area contributed by atoms with E-state index in [0.717, 1.165) is 18.6 Å². The molecule has 7 heteroatoms. The van der Waals surface area contributed by atoms with Crippen LogP contribution < -0.4 is 15.8 Å². The molecule has 1 saturated heterocycles. The minimum absolute atomic E-state index is 0.0194. The lowest BCUT2D eigenvalue weighted by molar-refractivity contribution is -0.137. The first-order valence-corrected chi connectivity index (χ1v) is 10.00. The molecule has 2 amide bonds. The van der Waals surface area contributed by atoms with Crippen molar-refractivity contribution in [2.45, 2.75) is 31.3 Å². The molecule has 138 valence electrons. The number of rotatable bonds is 8. The molecule has 0 saturated carbocycles. The lowest BCUT2D eigenvalue weighted by Crippen LogP contribution is -2.53. The van der Waals surface area contributed by atoms with E-state index in [4.69, 9.17) is 10.5 Å². The quantitative estimate of drug-likeness (QED) is 0.724. The zero-order valence-corrected chi connectivity index (χ0v) is 15.5. The fourth-order valence-electron chi connectivity index (χ4n) is 2.73. The zero-order chi connectivity index (χ0) is 18.1. The Hall–Kier alpha value is -1.73. The van der Waals surface area contributed by atoms with Gasteiger partial charge in [-0.25, -0.2) is 0 Å². The molecule has 0 spiro atoms. The normalized spacial score (nSPS) is 16.3. The predicted molar refractivity (Wildman–Crippen MR) is 101 cm³/mol. The van der Waals surface area contributed by atoms with Gasteiger partial charge in [0.15, 0.2) is 6.61 Å². The third-order valence-corrected chi connectivity index (χ3v) is 4.85. The summed E-state index contributed by atoms with van der Waals surface area (Å²) < 4.78 is 5.45. The van der Waals surface area contributed by atoms with Crippen LogP contribution in [0.2, 0.25) is 0 Å². The van der Waals surface area contributed by atoms with Gasteiger partial charge in [0.1, 0.15) is 11.8 Å². The molecule has 1 unspecified atom stereocenters. The van der Waals surface area contributed by atoms with Gasteiger partial charge in [0.25, 0.3) is 5.91 Å². The number of benzene rings is 1. The van der Waals surface area contributed by atoms with Crippen LogP contribution in [0.15, 0.2) is 30.3 Å². The second-order valence-corrected chi connectivity index (χ2v) is 7.15. The number of nitrogens with one attached hydrogen (secondary N) is 1. The number of piperidine rings is 1. The lowest BCUT2D eigenvalue weighted by atomic mass is 10.0. The van der Waals surface area contributed by atoms with Crippen molar-refractivity contribution in [3.05, 3.63) is 30.3 Å². The van der Waals surface area contributed by atoms with Crippen LogP contribution in [-0.2, 0) is 9.59 Å². The molecule has 2 rings (SSSR count). The van der Waals surface area contributed by atoms with Gasteiger partial charge < -0.3 is 20.7 Å². The highest BCUT2D eigenvalue weighted by molar-refractivity contribution is 7.98. The average molecular weight is 365 g/mol. The van der Waals surface area contributed by atoms with Crippen molar-refractivity contribution in [1.29, 1.82) is 0 Å². The van der Waals surface area contributed by atoms with Crippen molar-refractivity contribution in [2.24, 2.45) is 5.73 Å². The molecular formula is C18H27N3O3S. The highest BCUT2D eigenvalue weighted by atomic mass is 32.2. The summed E-state index contributed by atoms with van der Waals surface area (Å²) in [5.74, 6) is 1.14. The molecule has 25 heavy (non-hydrogen) atoms. The van der Waals surface area contributed by atoms with Crippen LogP contribution in [0.3, 0.4) is 0 Å². The Balaban J connectivity index is 1.87. The topological polar surface area (TPSA) is 84.7 Å². The van der Waals surface area contributed by atoms with Crippen LogP contribution in [0, 0.1) is 0 Å². The molecule has 1 aliphatic rings. The summed E-state index contributed by atoms with van der Waals surface area (Å²) in [5, 5.41) is 2.83. The smallest absolute Gasteiger partial charge is 0.258 e. The van der Waals surface area contributed by atoms with Gasteiger partial charge in [0, 0.05) is 19.1 Å². The van der Waals surface area contributed by atoms with E-state index in [-0.39, 0.29) is 24.5 Å². The van der Waals surface area contributed by atoms with Gasteiger partial charge in [-0.2, -0.15) is 11.8 Å². The van der Waals surface area contributed by atoms with E-state index < -0.39 is 6.04 Å². The molecule has 0 radical (unpaired) electrons. The van der Waals surface area contributed by atoms with Gasteiger partial charge in [0.2, 0.25) is 5.91 Å². The molecule has 1 aliphatic heterocycles. The number of hydrogen-bond acceptors (Lipinski definition) is 5. The maximum absolute atomic E-state index is 12.7. The van der Waals surface area contributed by atoms with Crippen molar-refractivity contribution in [2.75, 3.05) is 31.7 Å². The van der Waals surface area contributed by atoms with Crippen LogP contribution in [0.1, 0.15) is 19.3 Å². The first-order valence-electron chi connectivity index (χ1n) is 8.60. The summed E-state index contributed by atoms with van der Waals surface area (Å²) in [5.41, 5.74) is 5.90. The summed E-state index contributed by atoms with van der Waals surface area (Å²) >= 11 is 1.66. The fourth-order valence-corrected chi connectivity index (χ4v) is 3.21. The minimum atomic E-state index is -0.506. The summed E-state index contributed by atoms with van der Waals surface area (Å²) in [6.45, 7) is 1.22. The highest BCUT2D eigenvalue weighted by Gasteiger charge is 2.28. The predicted octanol–water partition coefficient (Wildman–Crippen LogP) is 1.25. The van der Waals surface area contributed by atoms with Crippen molar-refractivity contribution < 1.29 is 14.3 Å². The third-order valence-electron chi connectivity index (χ3n) is 4.21. The number of nitrogens with zero attached hydrogens (tertiary/aromatic N) is 1. The molecule has 1 aromatic rings. The van der Waals surface area contributed by atoms with Crippen molar-refractivity contribution >= 4 is 23.6 Å². The standard InChI is InChI=1S/C18H27N3O3S/c1-25-12-9-16(18(23)21-10-7-14(19)8-11-21)20-17(22)13-24-15-5-3-2-4-6-15/h2-6,14,16H,7-13,19H2,1H3,(H,20,22). The maximum Gasteiger partial charge on any atom is 0.258 e. The van der Waals surface area contributed by atoms with Crippen LogP contribution in [0.25, 0.3) is 0 Å². The van der Waals surface area contributed by atoms with Crippen molar-refractivity contribution in [3.8, 4) is 5.75 Å². The molecular weight excluding hydrogens is 338 g/mol. The minimum Gasteiger partial charge on any atom is -0.484 e. The summed E-state index contributed by atoms with van der Waals surface area (Å²) in [7, 11) is 0. The first-order chi connectivity index (χ1) is 12.1. The zero-order valence-electron chi connectivity index (χ0n) is 14.6. The van der Waals surface area contributed by atoms with Gasteiger partial charge in [-0.1, -0.05) is 18.2 Å². The number of nitrogens with two attached hydrogens (primary N) is 1. The molecule has 1 aromatic carbocycles. The van der Waals surface area contributed by atoms with Crippen molar-refractivity contribution in [1.82, 2.24) is 10.2 Å². The number of amides is 2. The molecule has 3 N–H and O–H groups in total. The Morgan fingerprint density at radius 1 is 1.32 bits per heavy atom. The second-order valence-electron chi connectivity index (χ2n) is 6.17. The van der Waals surface area contributed by atoms with E-state index in [0.29, 0.717) is 25.3 Å². The van der Waals surface area contributed by atoms with Crippen LogP contribution in [0.5, 0.6) is 5.75 Å². The third kappa shape index (κ3) is 6.59. The number of para-hydroxylation sites is 1. The molecule has 0 bridgehead atoms. The molecule has 1 fully saturated rings. The molecule has 0 aliphatic carbocycles. The second kappa shape index (κ2) is 10.3. The molecule has 1 heterocycles. The average Bonchev–Trinajstić information content (AvgIpc) is 2.64. The van der Waals surface area contributed by atoms with Crippen molar-refractivity contribution in [3.63, 3.8) is 0 Å². The Labute approximate surface area is 153 Å². The molecule has 6 nitrogen and oxygen atoms in total. The number of likely N-dealkylation sites (tertiary alicyclic amines) is 1. The fraction of sp³-hybridized carbons (Fsp3) is 0.556. The number of carbonyl (C=O) groups is 2. The van der Waals surface area contributed by atoms with Crippen LogP contribution in [0.4, 0.5) is 0 Å². The van der Waals surface area contributed by atoms with Crippen LogP contribution in [-0.4, -0.2) is 60.5 Å². The molecule has 1 atom stereocenters. The SMILES string of the molecule is CSCCC(NC(=O)COc1ccccc1)C(=O)N1CCC(N)CC1. The summed E-state index contributed by atoms with van der Waals surface area (Å²) in [6, 6.07) is 8.82. The Morgan fingerprint density at radius 2 is 2.00 bits per heavy atom. The Bertz CT molecular complexity index is 548. The number of ether oxygens (including phenoxy) is 1. The summed E-state index contributed by atoms with van der Waals surface area (Å²) in [4.78, 5) is 26.7. The van der Waals surface area contributed by atoms with Gasteiger partial charge in [-0.3, -0.25) is 9.59 Å². The van der Waals surface area contributed by atoms with E-state index in [9.17, 15) is 9.59 Å². The highest BCUT2D eigenvalue weighted by Crippen LogP contribution is 2.12. The molecule has 0 aromatic heterocycles. The van der Waals surface area contributed by atoms with E-state index in [1.54, 1.807) is 23.9 Å². The lowest BCUT2D eigenvalue weighted by Gasteiger charge is -2.33. The largest absolute Gasteiger partial charge is 0.484 e. The van der Waals surface area contributed by atoms with E-state index in [1.165, 1.54) is 0 Å². The Morgan fingerprint density at radius 3 is 2.64 bits per heavy atom. The number of carbonyl (C=O) groups excluding carboxylic acids is 2. The van der Waals surface area contributed by atoms with Gasteiger partial charge in [-0.15, -0.1) is 0 Å². The number of hydrogen-bond donors (Lipinski definition) is 2. The monoisotopic (exact) mass is 365 g/mol. The van der Waals surface area contributed by atoms with E-state index in [1.807, 2.05) is 29.4 Å². The first kappa shape index (κ1) is 19.6. The summed E-state index contributed by atoms with van der Waals surface area (Å²) in [6.07, 6.45) is 4.22.